The minimum atomic E-state index is -4.82. The Hall–Kier alpha value is -6.68. The van der Waals surface area contributed by atoms with E-state index in [-0.39, 0.29) is 54.7 Å². The summed E-state index contributed by atoms with van der Waals surface area (Å²) < 4.78 is 53.1. The van der Waals surface area contributed by atoms with Crippen LogP contribution in [0.15, 0.2) is 96.5 Å². The van der Waals surface area contributed by atoms with Gasteiger partial charge >= 0.3 is 6.18 Å². The van der Waals surface area contributed by atoms with Crippen LogP contribution in [0.1, 0.15) is 86.6 Å². The number of aliphatic hydroxyl groups excluding tert-OH is 1. The van der Waals surface area contributed by atoms with Crippen molar-refractivity contribution < 1.29 is 46.9 Å². The van der Waals surface area contributed by atoms with Gasteiger partial charge in [0.05, 0.1) is 64.3 Å². The average Bonchev–Trinajstić information content (AvgIpc) is 3.98. The second-order valence-corrected chi connectivity index (χ2v) is 20.0. The quantitative estimate of drug-likeness (QED) is 0.0716. The Balaban J connectivity index is 0.905. The fraction of sp³-hybridized carbons (Fsp3) is 0.365. The summed E-state index contributed by atoms with van der Waals surface area (Å²) in [5, 5.41) is 22.8. The number of likely N-dealkylation sites (tertiary alicyclic amines) is 1. The summed E-state index contributed by atoms with van der Waals surface area (Å²) in [5.74, 6) is -0.733. The smallest absolute Gasteiger partial charge is 0.417 e. The average molecular weight is 995 g/mol. The first kappa shape index (κ1) is 51.2. The molecule has 2 N–H and O–H groups in total. The number of ether oxygens (including phenoxy) is 2. The Morgan fingerprint density at radius 1 is 0.971 bits per heavy atom. The number of thiocarbonyl (C=S) groups is 1. The Bertz CT molecular complexity index is 2820. The fourth-order valence-corrected chi connectivity index (χ4v) is 9.88. The topological polar surface area (TPSA) is 165 Å². The molecule has 70 heavy (non-hydrogen) atoms. The van der Waals surface area contributed by atoms with Gasteiger partial charge < -0.3 is 29.7 Å². The normalized spacial score (nSPS) is 17.4. The molecule has 2 aliphatic rings. The molecule has 0 bridgehead atoms. The minimum absolute atomic E-state index is 0.0204. The molecule has 1 aromatic heterocycles. The van der Waals surface area contributed by atoms with Crippen LogP contribution in [-0.4, -0.2) is 87.1 Å². The molecule has 3 amide bonds. The van der Waals surface area contributed by atoms with Crippen LogP contribution in [0, 0.1) is 23.7 Å². The SMILES string of the molecule is Cc1ncsc1-c1ccc(CCC(=O)[C@@H]2C[C@@H](O)CN2C(=O)[C@@H](NC(=O)c2cccc(OCCCOc3ccc(N4C(=S)N(c5ccc(C#N)c(C(F)(F)F)c5)C(=O)C4(C)C)cc3)c2)C(C)(C)C)cc1. The van der Waals surface area contributed by atoms with Crippen molar-refractivity contribution >= 4 is 63.5 Å². The highest BCUT2D eigenvalue weighted by Gasteiger charge is 2.51. The van der Waals surface area contributed by atoms with Gasteiger partial charge in [0.2, 0.25) is 5.91 Å². The number of alkyl halides is 3. The first-order chi connectivity index (χ1) is 33.1. The minimum Gasteiger partial charge on any atom is -0.493 e. The summed E-state index contributed by atoms with van der Waals surface area (Å²) in [4.78, 5) is 64.6. The third kappa shape index (κ3) is 11.2. The van der Waals surface area contributed by atoms with Crippen molar-refractivity contribution in [2.24, 2.45) is 5.41 Å². The van der Waals surface area contributed by atoms with Crippen molar-refractivity contribution in [1.82, 2.24) is 15.2 Å². The summed E-state index contributed by atoms with van der Waals surface area (Å²) in [5.41, 5.74) is 1.72. The maximum absolute atomic E-state index is 14.2. The van der Waals surface area contributed by atoms with Crippen LogP contribution in [0.2, 0.25) is 0 Å². The number of hydrogen-bond donors (Lipinski definition) is 2. The molecule has 366 valence electrons. The highest BCUT2D eigenvalue weighted by Crippen LogP contribution is 2.40. The number of amides is 3. The van der Waals surface area contributed by atoms with Gasteiger partial charge in [-0.15, -0.1) is 11.3 Å². The molecular formula is C52H53F3N6O7S2. The maximum atomic E-state index is 14.2. The van der Waals surface area contributed by atoms with Gasteiger partial charge in [0.15, 0.2) is 10.9 Å². The van der Waals surface area contributed by atoms with Crippen LogP contribution in [0.5, 0.6) is 11.5 Å². The van der Waals surface area contributed by atoms with Crippen LogP contribution in [0.3, 0.4) is 0 Å². The Morgan fingerprint density at radius 3 is 2.27 bits per heavy atom. The first-order valence-corrected chi connectivity index (χ1v) is 23.9. The van der Waals surface area contributed by atoms with Crippen molar-refractivity contribution in [3.05, 3.63) is 124 Å². The van der Waals surface area contributed by atoms with Gasteiger partial charge in [-0.3, -0.25) is 24.1 Å². The summed E-state index contributed by atoms with van der Waals surface area (Å²) in [6.07, 6.45) is -4.46. The molecular weight excluding hydrogens is 942 g/mol. The molecule has 5 aromatic rings. The van der Waals surface area contributed by atoms with Crippen molar-refractivity contribution in [2.75, 3.05) is 29.6 Å². The van der Waals surface area contributed by atoms with E-state index in [1.54, 1.807) is 84.7 Å². The molecule has 18 heteroatoms. The second kappa shape index (κ2) is 20.7. The van der Waals surface area contributed by atoms with Gasteiger partial charge in [-0.25, -0.2) is 4.98 Å². The summed E-state index contributed by atoms with van der Waals surface area (Å²) in [6.45, 7) is 11.1. The van der Waals surface area contributed by atoms with Crippen LogP contribution < -0.4 is 24.6 Å². The number of aryl methyl sites for hydroxylation is 2. The zero-order valence-corrected chi connectivity index (χ0v) is 41.1. The molecule has 0 aliphatic carbocycles. The van der Waals surface area contributed by atoms with Gasteiger partial charge in [-0.2, -0.15) is 18.4 Å². The Kier molecular flexibility index (Phi) is 15.2. The molecule has 13 nitrogen and oxygen atoms in total. The number of benzene rings is 4. The monoisotopic (exact) mass is 994 g/mol. The number of rotatable bonds is 16. The number of nitriles is 1. The van der Waals surface area contributed by atoms with E-state index >= 15 is 0 Å². The number of carbonyl (C=O) groups is 4. The highest BCUT2D eigenvalue weighted by molar-refractivity contribution is 7.81. The number of carbonyl (C=O) groups excluding carboxylic acids is 4. The maximum Gasteiger partial charge on any atom is 0.417 e. The van der Waals surface area contributed by atoms with E-state index in [1.807, 2.05) is 57.5 Å². The zero-order valence-electron chi connectivity index (χ0n) is 39.5. The van der Waals surface area contributed by atoms with Crippen molar-refractivity contribution in [1.29, 1.82) is 5.26 Å². The highest BCUT2D eigenvalue weighted by atomic mass is 32.1. The molecule has 2 aliphatic heterocycles. The van der Waals surface area contributed by atoms with E-state index < -0.39 is 64.2 Å². The molecule has 0 spiro atoms. The molecule has 3 atom stereocenters. The number of Topliss-reactive ketones (excluding diaryl/α,β-unsaturated/α-hetero) is 1. The lowest BCUT2D eigenvalue weighted by molar-refractivity contribution is -0.141. The lowest BCUT2D eigenvalue weighted by atomic mass is 9.85. The predicted molar refractivity (Wildman–Crippen MR) is 264 cm³/mol. The van der Waals surface area contributed by atoms with E-state index in [9.17, 15) is 42.7 Å². The van der Waals surface area contributed by atoms with E-state index in [0.29, 0.717) is 30.0 Å². The molecule has 0 saturated carbocycles. The lowest BCUT2D eigenvalue weighted by Gasteiger charge is -2.35. The van der Waals surface area contributed by atoms with Crippen molar-refractivity contribution in [3.8, 4) is 28.0 Å². The lowest BCUT2D eigenvalue weighted by Crippen LogP contribution is -2.56. The largest absolute Gasteiger partial charge is 0.493 e. The van der Waals surface area contributed by atoms with Gasteiger partial charge in [0.1, 0.15) is 23.1 Å². The number of nitrogens with zero attached hydrogens (tertiary/aromatic N) is 5. The number of β-amino-alcohol motifs (C(OH)–C–C–N with tert-alkyl or cyclic N) is 1. The molecule has 0 radical (unpaired) electrons. The standard InChI is InChI=1S/C52H53F3N6O7S2/c1-31-44(70-30-57-31)33-14-11-32(12-15-33)13-22-43(63)42-27-38(62)29-59(42)47(65)45(50(2,3)4)58-46(64)34-9-7-10-40(25-34)68-24-8-23-67-39-20-18-36(19-21-39)61-49(69)60(48(66)51(61,5)6)37-17-16-35(28-56)41(26-37)52(53,54)55/h7,9-12,14-21,25-26,30,38,42,45,62H,8,13,22-24,27,29H2,1-6H3,(H,58,64)/t38-,42+,45-/m1/s1. The fourth-order valence-electron chi connectivity index (χ4n) is 8.54. The Morgan fingerprint density at radius 2 is 1.64 bits per heavy atom. The van der Waals surface area contributed by atoms with Crippen LogP contribution in [0.25, 0.3) is 10.4 Å². The van der Waals surface area contributed by atoms with E-state index in [4.69, 9.17) is 21.7 Å². The molecule has 3 heterocycles. The van der Waals surface area contributed by atoms with Gasteiger partial charge in [0, 0.05) is 37.1 Å². The predicted octanol–water partition coefficient (Wildman–Crippen LogP) is 9.08. The van der Waals surface area contributed by atoms with Crippen LogP contribution in [0.4, 0.5) is 24.5 Å². The number of thiazole rings is 1. The molecule has 0 unspecified atom stereocenters. The third-order valence-corrected chi connectivity index (χ3v) is 13.7. The number of hydrogen-bond acceptors (Lipinski definition) is 11. The second-order valence-electron chi connectivity index (χ2n) is 18.8. The number of ketones is 1. The molecule has 7 rings (SSSR count). The van der Waals surface area contributed by atoms with Gasteiger partial charge in [-0.05, 0) is 117 Å². The summed E-state index contributed by atoms with van der Waals surface area (Å²) in [6, 6.07) is 24.0. The number of aliphatic hydroxyl groups is 1. The first-order valence-electron chi connectivity index (χ1n) is 22.7. The van der Waals surface area contributed by atoms with E-state index in [2.05, 4.69) is 10.3 Å². The van der Waals surface area contributed by atoms with E-state index in [1.165, 1.54) is 11.0 Å². The molecule has 2 saturated heterocycles. The van der Waals surface area contributed by atoms with Crippen molar-refractivity contribution in [2.45, 2.75) is 97.1 Å². The number of nitrogens with one attached hydrogen (secondary N) is 1. The third-order valence-electron chi connectivity index (χ3n) is 12.3. The van der Waals surface area contributed by atoms with Crippen LogP contribution in [-0.2, 0) is 27.0 Å². The van der Waals surface area contributed by atoms with Gasteiger partial charge in [0.25, 0.3) is 11.8 Å². The molecule has 2 fully saturated rings. The number of anilines is 2. The summed E-state index contributed by atoms with van der Waals surface area (Å²) in [7, 11) is 0. The number of halogens is 3. The van der Waals surface area contributed by atoms with Gasteiger partial charge in [-0.1, -0.05) is 51.1 Å². The van der Waals surface area contributed by atoms with E-state index in [0.717, 1.165) is 38.7 Å². The molecule has 4 aromatic carbocycles. The zero-order chi connectivity index (χ0) is 50.7. The Labute approximate surface area is 413 Å². The summed E-state index contributed by atoms with van der Waals surface area (Å²) >= 11 is 7.21. The van der Waals surface area contributed by atoms with Crippen molar-refractivity contribution in [3.63, 3.8) is 0 Å². The number of aromatic nitrogens is 1. The van der Waals surface area contributed by atoms with Crippen LogP contribution >= 0.6 is 23.6 Å².